The Balaban J connectivity index is 0.00000304. The van der Waals surface area contributed by atoms with E-state index in [-0.39, 0.29) is 22.9 Å². The van der Waals surface area contributed by atoms with E-state index in [1.807, 2.05) is 4.90 Å². The van der Waals surface area contributed by atoms with Crippen LogP contribution in [0.5, 0.6) is 0 Å². The summed E-state index contributed by atoms with van der Waals surface area (Å²) in [5, 5.41) is 0. The molecule has 2 aliphatic rings. The summed E-state index contributed by atoms with van der Waals surface area (Å²) in [4.78, 5) is 15.2. The number of aryl methyl sites for hydroxylation is 1. The number of hydrogen-bond donors (Lipinski definition) is 0. The van der Waals surface area contributed by atoms with Gasteiger partial charge in [-0.05, 0) is 73.4 Å². The second-order valence-electron chi connectivity index (χ2n) is 10.7. The van der Waals surface area contributed by atoms with E-state index in [2.05, 4.69) is 80.6 Å². The number of likely N-dealkylation sites (tertiary alicyclic amines) is 1. The van der Waals surface area contributed by atoms with E-state index in [0.717, 1.165) is 25.1 Å². The van der Waals surface area contributed by atoms with Crippen molar-refractivity contribution in [1.29, 1.82) is 0 Å². The van der Waals surface area contributed by atoms with Crippen molar-refractivity contribution in [2.75, 3.05) is 26.2 Å². The highest BCUT2D eigenvalue weighted by atomic mass is 79.9. The number of carbonyl (C=O) groups is 1. The van der Waals surface area contributed by atoms with Crippen molar-refractivity contribution in [3.63, 3.8) is 0 Å². The quantitative estimate of drug-likeness (QED) is 0.434. The van der Waals surface area contributed by atoms with Crippen LogP contribution >= 0.6 is 0 Å². The molecule has 1 amide bonds. The molecule has 36 heavy (non-hydrogen) atoms. The van der Waals surface area contributed by atoms with Crippen LogP contribution in [0, 0.1) is 6.92 Å². The average Bonchev–Trinajstić information content (AvgIpc) is 2.90. The van der Waals surface area contributed by atoms with E-state index in [9.17, 15) is 4.79 Å². The smallest absolute Gasteiger partial charge is 0.227 e. The molecule has 3 aromatic rings. The van der Waals surface area contributed by atoms with Crippen LogP contribution < -0.4 is 17.0 Å². The van der Waals surface area contributed by atoms with Gasteiger partial charge < -0.3 is 26.4 Å². The van der Waals surface area contributed by atoms with Crippen molar-refractivity contribution in [2.24, 2.45) is 0 Å². The van der Waals surface area contributed by atoms with Crippen LogP contribution in [0.1, 0.15) is 54.0 Å². The zero-order valence-electron chi connectivity index (χ0n) is 21.8. The Hall–Kier alpha value is -2.43. The zero-order valence-corrected chi connectivity index (χ0v) is 23.4. The Morgan fingerprint density at radius 3 is 2.19 bits per heavy atom. The van der Waals surface area contributed by atoms with Gasteiger partial charge in [0.2, 0.25) is 5.91 Å². The molecular formula is C32H39BrN2O. The van der Waals surface area contributed by atoms with Gasteiger partial charge in [-0.1, -0.05) is 66.2 Å². The van der Waals surface area contributed by atoms with E-state index in [1.165, 1.54) is 76.8 Å². The summed E-state index contributed by atoms with van der Waals surface area (Å²) in [6.07, 6.45) is 5.51. The predicted octanol–water partition coefficient (Wildman–Crippen LogP) is 3.31. The van der Waals surface area contributed by atoms with Gasteiger partial charge in [0.05, 0.1) is 26.1 Å². The Kier molecular flexibility index (Phi) is 8.69. The van der Waals surface area contributed by atoms with Crippen LogP contribution in [0.15, 0.2) is 66.7 Å². The molecule has 0 unspecified atom stereocenters. The summed E-state index contributed by atoms with van der Waals surface area (Å²) in [5.41, 5.74) is 8.93. The predicted molar refractivity (Wildman–Crippen MR) is 144 cm³/mol. The van der Waals surface area contributed by atoms with Crippen molar-refractivity contribution in [1.82, 2.24) is 4.90 Å². The van der Waals surface area contributed by atoms with Crippen LogP contribution in [0.25, 0.3) is 11.1 Å². The standard InChI is InChI=1S/C32H39N2O.BrH/c1-3-34(19-5-4-6-20-34)24-27-11-9-26(10-12-27)21-32(35)33-18-17-29-15-16-30(22-31(29)23-33)28-13-7-25(2)8-14-28;/h7-16,22H,3-6,17-21,23-24H2,1-2H3;1H/q+1;/p-1. The van der Waals surface area contributed by atoms with Gasteiger partial charge in [0.25, 0.3) is 0 Å². The molecule has 2 aliphatic heterocycles. The van der Waals surface area contributed by atoms with Crippen LogP contribution in [0.2, 0.25) is 0 Å². The molecule has 190 valence electrons. The number of carbonyl (C=O) groups excluding carboxylic acids is 1. The summed E-state index contributed by atoms with van der Waals surface area (Å²) in [6.45, 7) is 10.9. The maximum atomic E-state index is 13.2. The summed E-state index contributed by atoms with van der Waals surface area (Å²) in [7, 11) is 0. The molecule has 5 rings (SSSR count). The fourth-order valence-corrected chi connectivity index (χ4v) is 5.90. The molecular weight excluding hydrogens is 508 g/mol. The third-order valence-corrected chi connectivity index (χ3v) is 8.29. The van der Waals surface area contributed by atoms with Gasteiger partial charge in [0.1, 0.15) is 6.54 Å². The van der Waals surface area contributed by atoms with Crippen LogP contribution in [-0.4, -0.2) is 41.5 Å². The molecule has 0 aromatic heterocycles. The first kappa shape index (κ1) is 26.6. The molecule has 2 heterocycles. The van der Waals surface area contributed by atoms with Crippen LogP contribution in [0.3, 0.4) is 0 Å². The van der Waals surface area contributed by atoms with Crippen LogP contribution in [0.4, 0.5) is 0 Å². The molecule has 1 saturated heterocycles. The largest absolute Gasteiger partial charge is 1.00 e. The normalized spacial score (nSPS) is 16.7. The number of benzene rings is 3. The lowest BCUT2D eigenvalue weighted by atomic mass is 9.94. The second kappa shape index (κ2) is 11.7. The molecule has 0 aliphatic carbocycles. The van der Waals surface area contributed by atoms with E-state index in [4.69, 9.17) is 0 Å². The monoisotopic (exact) mass is 546 g/mol. The number of halogens is 1. The number of fused-ring (bicyclic) bond motifs is 1. The SMILES string of the molecule is CC[N+]1(Cc2ccc(CC(=O)N3CCc4ccc(-c5ccc(C)cc5)cc4C3)cc2)CCCCC1.[Br-]. The number of amides is 1. The van der Waals surface area contributed by atoms with Crippen LogP contribution in [-0.2, 0) is 30.7 Å². The topological polar surface area (TPSA) is 20.3 Å². The summed E-state index contributed by atoms with van der Waals surface area (Å²) in [5.74, 6) is 0.234. The Labute approximate surface area is 227 Å². The van der Waals surface area contributed by atoms with E-state index in [1.54, 1.807) is 0 Å². The zero-order chi connectivity index (χ0) is 24.3. The van der Waals surface area contributed by atoms with Crippen molar-refractivity contribution in [2.45, 2.75) is 59.0 Å². The summed E-state index contributed by atoms with van der Waals surface area (Å²) >= 11 is 0. The van der Waals surface area contributed by atoms with Gasteiger partial charge >= 0.3 is 0 Å². The average molecular weight is 548 g/mol. The molecule has 4 heteroatoms. The van der Waals surface area contributed by atoms with Crippen molar-refractivity contribution in [3.05, 3.63) is 94.5 Å². The van der Waals surface area contributed by atoms with Crippen molar-refractivity contribution < 1.29 is 26.3 Å². The first-order chi connectivity index (χ1) is 17.0. The van der Waals surface area contributed by atoms with Gasteiger partial charge in [-0.3, -0.25) is 4.79 Å². The molecule has 3 aromatic carbocycles. The van der Waals surface area contributed by atoms with Gasteiger partial charge in [0.15, 0.2) is 0 Å². The highest BCUT2D eigenvalue weighted by Gasteiger charge is 2.28. The lowest BCUT2D eigenvalue weighted by molar-refractivity contribution is -0.943. The van der Waals surface area contributed by atoms with Crippen molar-refractivity contribution in [3.8, 4) is 11.1 Å². The Bertz CT molecular complexity index is 1160. The molecule has 1 fully saturated rings. The molecule has 0 bridgehead atoms. The lowest BCUT2D eigenvalue weighted by Gasteiger charge is -2.41. The molecule has 0 atom stereocenters. The number of rotatable bonds is 6. The van der Waals surface area contributed by atoms with Gasteiger partial charge in [-0.25, -0.2) is 0 Å². The highest BCUT2D eigenvalue weighted by Crippen LogP contribution is 2.27. The molecule has 3 nitrogen and oxygen atoms in total. The maximum Gasteiger partial charge on any atom is 0.227 e. The Morgan fingerprint density at radius 2 is 1.50 bits per heavy atom. The number of nitrogens with zero attached hydrogens (tertiary/aromatic N) is 2. The Morgan fingerprint density at radius 1 is 0.833 bits per heavy atom. The first-order valence-electron chi connectivity index (χ1n) is 13.4. The third-order valence-electron chi connectivity index (χ3n) is 8.29. The third kappa shape index (κ3) is 6.10. The van der Waals surface area contributed by atoms with E-state index in [0.29, 0.717) is 13.0 Å². The fraction of sp³-hybridized carbons (Fsp3) is 0.406. The highest BCUT2D eigenvalue weighted by molar-refractivity contribution is 5.79. The summed E-state index contributed by atoms with van der Waals surface area (Å²) < 4.78 is 1.22. The second-order valence-corrected chi connectivity index (χ2v) is 10.7. The number of piperidine rings is 1. The molecule has 0 N–H and O–H groups in total. The minimum Gasteiger partial charge on any atom is -1.00 e. The van der Waals surface area contributed by atoms with E-state index < -0.39 is 0 Å². The molecule has 0 spiro atoms. The van der Waals surface area contributed by atoms with Gasteiger partial charge in [-0.15, -0.1) is 0 Å². The maximum absolute atomic E-state index is 13.2. The lowest BCUT2D eigenvalue weighted by Crippen LogP contribution is -3.00. The van der Waals surface area contributed by atoms with Gasteiger partial charge in [0, 0.05) is 18.7 Å². The van der Waals surface area contributed by atoms with Gasteiger partial charge in [-0.2, -0.15) is 0 Å². The van der Waals surface area contributed by atoms with E-state index >= 15 is 0 Å². The minimum atomic E-state index is 0. The number of hydrogen-bond acceptors (Lipinski definition) is 1. The first-order valence-corrected chi connectivity index (χ1v) is 13.4. The molecule has 0 radical (unpaired) electrons. The fourth-order valence-electron chi connectivity index (χ4n) is 5.90. The minimum absolute atomic E-state index is 0. The number of quaternary nitrogens is 1. The molecule has 0 saturated carbocycles. The van der Waals surface area contributed by atoms with Crippen molar-refractivity contribution >= 4 is 5.91 Å². The summed E-state index contributed by atoms with van der Waals surface area (Å²) in [6, 6.07) is 24.3.